The standard InChI is InChI=1S/C7H12O5/c8-3-6-1-5(2-7(9)10)11-4-12-6/h5-6,8H,1-4H2,(H,9,10)/t5?,6-/m0/s1. The Morgan fingerprint density at radius 1 is 1.42 bits per heavy atom. The molecule has 0 amide bonds. The van der Waals surface area contributed by atoms with E-state index in [1.54, 1.807) is 0 Å². The van der Waals surface area contributed by atoms with Crippen molar-refractivity contribution < 1.29 is 24.5 Å². The predicted molar refractivity (Wildman–Crippen MR) is 38.6 cm³/mol. The molecular formula is C7H12O5. The normalized spacial score (nSPS) is 30.1. The third-order valence-electron chi connectivity index (χ3n) is 1.74. The van der Waals surface area contributed by atoms with E-state index >= 15 is 0 Å². The van der Waals surface area contributed by atoms with Gasteiger partial charge in [0.1, 0.15) is 6.79 Å². The van der Waals surface area contributed by atoms with Crippen LogP contribution in [0.4, 0.5) is 0 Å². The SMILES string of the molecule is O=C(O)CC1C[C@@H](CO)OCO1. The van der Waals surface area contributed by atoms with Gasteiger partial charge in [-0.2, -0.15) is 0 Å². The second kappa shape index (κ2) is 4.39. The third-order valence-corrected chi connectivity index (χ3v) is 1.74. The molecule has 1 aliphatic rings. The van der Waals surface area contributed by atoms with Crippen LogP contribution in [-0.2, 0) is 14.3 Å². The summed E-state index contributed by atoms with van der Waals surface area (Å²) in [5.41, 5.74) is 0. The minimum Gasteiger partial charge on any atom is -0.481 e. The van der Waals surface area contributed by atoms with Crippen LogP contribution in [-0.4, -0.2) is 41.8 Å². The fraction of sp³-hybridized carbons (Fsp3) is 0.857. The number of rotatable bonds is 3. The average molecular weight is 176 g/mol. The molecule has 0 aromatic carbocycles. The summed E-state index contributed by atoms with van der Waals surface area (Å²) >= 11 is 0. The molecule has 0 spiro atoms. The molecule has 70 valence electrons. The number of ether oxygens (including phenoxy) is 2. The molecule has 0 saturated carbocycles. The van der Waals surface area contributed by atoms with Crippen LogP contribution >= 0.6 is 0 Å². The predicted octanol–water partition coefficient (Wildman–Crippen LogP) is -0.415. The van der Waals surface area contributed by atoms with E-state index < -0.39 is 5.97 Å². The first-order valence-electron chi connectivity index (χ1n) is 3.78. The molecule has 1 saturated heterocycles. The summed E-state index contributed by atoms with van der Waals surface area (Å²) in [6.45, 7) is -0.0113. The fourth-order valence-electron chi connectivity index (χ4n) is 1.13. The topological polar surface area (TPSA) is 76.0 Å². The summed E-state index contributed by atoms with van der Waals surface area (Å²) < 4.78 is 9.98. The first kappa shape index (κ1) is 9.44. The van der Waals surface area contributed by atoms with Crippen molar-refractivity contribution in [3.05, 3.63) is 0 Å². The molecule has 0 aliphatic carbocycles. The molecule has 0 radical (unpaired) electrons. The number of aliphatic carboxylic acids is 1. The van der Waals surface area contributed by atoms with Gasteiger partial charge >= 0.3 is 5.97 Å². The van der Waals surface area contributed by atoms with Crippen LogP contribution < -0.4 is 0 Å². The summed E-state index contributed by atoms with van der Waals surface area (Å²) in [7, 11) is 0. The molecule has 5 heteroatoms. The van der Waals surface area contributed by atoms with Crippen LogP contribution in [0.3, 0.4) is 0 Å². The lowest BCUT2D eigenvalue weighted by atomic mass is 10.1. The van der Waals surface area contributed by atoms with Gasteiger partial charge in [-0.15, -0.1) is 0 Å². The zero-order valence-electron chi connectivity index (χ0n) is 6.60. The van der Waals surface area contributed by atoms with Gasteiger partial charge in [0.25, 0.3) is 0 Å². The van der Waals surface area contributed by atoms with E-state index in [4.69, 9.17) is 19.7 Å². The lowest BCUT2D eigenvalue weighted by Crippen LogP contribution is -2.34. The average Bonchev–Trinajstić information content (AvgIpc) is 2.03. The van der Waals surface area contributed by atoms with Gasteiger partial charge in [-0.1, -0.05) is 0 Å². The molecule has 1 aliphatic heterocycles. The first-order valence-corrected chi connectivity index (χ1v) is 3.78. The highest BCUT2D eigenvalue weighted by Crippen LogP contribution is 2.15. The van der Waals surface area contributed by atoms with E-state index in [-0.39, 0.29) is 32.0 Å². The van der Waals surface area contributed by atoms with Crippen molar-refractivity contribution in [3.8, 4) is 0 Å². The number of carboxylic acids is 1. The molecule has 1 unspecified atom stereocenters. The second-order valence-electron chi connectivity index (χ2n) is 2.71. The monoisotopic (exact) mass is 176 g/mol. The highest BCUT2D eigenvalue weighted by atomic mass is 16.7. The van der Waals surface area contributed by atoms with E-state index in [2.05, 4.69) is 0 Å². The Morgan fingerprint density at radius 2 is 2.08 bits per heavy atom. The highest BCUT2D eigenvalue weighted by molar-refractivity contribution is 5.67. The Kier molecular flexibility index (Phi) is 3.46. The van der Waals surface area contributed by atoms with Gasteiger partial charge in [-0.25, -0.2) is 0 Å². The Morgan fingerprint density at radius 3 is 2.67 bits per heavy atom. The Hall–Kier alpha value is -0.650. The molecule has 2 N–H and O–H groups in total. The van der Waals surface area contributed by atoms with Crippen molar-refractivity contribution >= 4 is 5.97 Å². The van der Waals surface area contributed by atoms with Gasteiger partial charge in [-0.3, -0.25) is 4.79 Å². The summed E-state index contributed by atoms with van der Waals surface area (Å²) in [4.78, 5) is 10.3. The van der Waals surface area contributed by atoms with Crippen molar-refractivity contribution in [3.63, 3.8) is 0 Å². The molecule has 5 nitrogen and oxygen atoms in total. The molecule has 1 rings (SSSR count). The van der Waals surface area contributed by atoms with Crippen LogP contribution in [0.2, 0.25) is 0 Å². The Balaban J connectivity index is 2.30. The van der Waals surface area contributed by atoms with Crippen molar-refractivity contribution in [2.45, 2.75) is 25.0 Å². The van der Waals surface area contributed by atoms with E-state index in [1.807, 2.05) is 0 Å². The van der Waals surface area contributed by atoms with E-state index in [1.165, 1.54) is 0 Å². The molecule has 0 bridgehead atoms. The van der Waals surface area contributed by atoms with Gasteiger partial charge in [0.05, 0.1) is 25.2 Å². The van der Waals surface area contributed by atoms with Crippen LogP contribution in [0.1, 0.15) is 12.8 Å². The van der Waals surface area contributed by atoms with Gasteiger partial charge < -0.3 is 19.7 Å². The van der Waals surface area contributed by atoms with Crippen LogP contribution in [0.15, 0.2) is 0 Å². The number of aliphatic hydroxyl groups excluding tert-OH is 1. The number of carbonyl (C=O) groups is 1. The third kappa shape index (κ3) is 2.77. The maximum absolute atomic E-state index is 10.3. The molecule has 0 aromatic heterocycles. The maximum Gasteiger partial charge on any atom is 0.305 e. The van der Waals surface area contributed by atoms with E-state index in [0.29, 0.717) is 6.42 Å². The number of hydrogen-bond donors (Lipinski definition) is 2. The lowest BCUT2D eigenvalue weighted by molar-refractivity contribution is -0.189. The van der Waals surface area contributed by atoms with Gasteiger partial charge in [0, 0.05) is 6.42 Å². The van der Waals surface area contributed by atoms with Crippen molar-refractivity contribution in [1.29, 1.82) is 0 Å². The molecule has 0 aromatic rings. The van der Waals surface area contributed by atoms with E-state index in [0.717, 1.165) is 0 Å². The number of aliphatic hydroxyl groups is 1. The zero-order chi connectivity index (χ0) is 8.97. The Labute approximate surface area is 69.9 Å². The van der Waals surface area contributed by atoms with Gasteiger partial charge in [0.15, 0.2) is 0 Å². The van der Waals surface area contributed by atoms with Gasteiger partial charge in [0.2, 0.25) is 0 Å². The molecule has 2 atom stereocenters. The van der Waals surface area contributed by atoms with Gasteiger partial charge in [-0.05, 0) is 0 Å². The zero-order valence-corrected chi connectivity index (χ0v) is 6.60. The van der Waals surface area contributed by atoms with E-state index in [9.17, 15) is 4.79 Å². The largest absolute Gasteiger partial charge is 0.481 e. The molecule has 12 heavy (non-hydrogen) atoms. The quantitative estimate of drug-likeness (QED) is 0.611. The van der Waals surface area contributed by atoms with Crippen LogP contribution in [0.5, 0.6) is 0 Å². The van der Waals surface area contributed by atoms with Crippen LogP contribution in [0, 0.1) is 0 Å². The smallest absolute Gasteiger partial charge is 0.305 e. The number of carboxylic acid groups (broad SMARTS) is 1. The summed E-state index contributed by atoms with van der Waals surface area (Å²) in [5.74, 6) is -0.890. The van der Waals surface area contributed by atoms with Crippen molar-refractivity contribution in [2.24, 2.45) is 0 Å². The molecule has 1 heterocycles. The second-order valence-corrected chi connectivity index (χ2v) is 2.71. The van der Waals surface area contributed by atoms with Crippen molar-refractivity contribution in [2.75, 3.05) is 13.4 Å². The summed E-state index contributed by atoms with van der Waals surface area (Å²) in [6.07, 6.45) is -0.181. The minimum atomic E-state index is -0.890. The van der Waals surface area contributed by atoms with Crippen molar-refractivity contribution in [1.82, 2.24) is 0 Å². The summed E-state index contributed by atoms with van der Waals surface area (Å²) in [5, 5.41) is 17.2. The highest BCUT2D eigenvalue weighted by Gasteiger charge is 2.24. The maximum atomic E-state index is 10.3. The molecular weight excluding hydrogens is 164 g/mol. The summed E-state index contributed by atoms with van der Waals surface area (Å²) in [6, 6.07) is 0. The first-order chi connectivity index (χ1) is 5.72. The lowest BCUT2D eigenvalue weighted by Gasteiger charge is -2.27. The fourth-order valence-corrected chi connectivity index (χ4v) is 1.13. The molecule has 1 fully saturated rings. The minimum absolute atomic E-state index is 0.0279. The number of hydrogen-bond acceptors (Lipinski definition) is 4. The van der Waals surface area contributed by atoms with Crippen LogP contribution in [0.25, 0.3) is 0 Å². The Bertz CT molecular complexity index is 158.